The molecule has 2 aromatic rings. The summed E-state index contributed by atoms with van der Waals surface area (Å²) in [6.07, 6.45) is -4.84. The molecular formula is C14H12F3NO2. The maximum Gasteiger partial charge on any atom is 0.573 e. The third kappa shape index (κ3) is 3.34. The fraction of sp³-hybridized carbons (Fsp3) is 0.143. The van der Waals surface area contributed by atoms with Crippen LogP contribution in [0.15, 0.2) is 42.5 Å². The molecule has 0 aromatic heterocycles. The SMILES string of the molecule is CNc1ccc(-c2ccc(O)c(OC(F)(F)F)c2)cc1. The van der Waals surface area contributed by atoms with Gasteiger partial charge in [0.05, 0.1) is 0 Å². The van der Waals surface area contributed by atoms with E-state index in [1.165, 1.54) is 12.1 Å². The van der Waals surface area contributed by atoms with Crippen LogP contribution in [0.3, 0.4) is 0 Å². The summed E-state index contributed by atoms with van der Waals surface area (Å²) in [5, 5.41) is 12.3. The number of aromatic hydroxyl groups is 1. The fourth-order valence-electron chi connectivity index (χ4n) is 1.73. The van der Waals surface area contributed by atoms with E-state index in [1.54, 1.807) is 31.3 Å². The normalized spacial score (nSPS) is 11.2. The fourth-order valence-corrected chi connectivity index (χ4v) is 1.73. The first kappa shape index (κ1) is 14.0. The average molecular weight is 283 g/mol. The van der Waals surface area contributed by atoms with Crippen molar-refractivity contribution in [2.75, 3.05) is 12.4 Å². The molecule has 2 N–H and O–H groups in total. The van der Waals surface area contributed by atoms with Gasteiger partial charge in [-0.15, -0.1) is 13.2 Å². The molecule has 0 saturated heterocycles. The number of phenolic OH excluding ortho intramolecular Hbond substituents is 1. The Labute approximate surface area is 113 Å². The van der Waals surface area contributed by atoms with Crippen LogP contribution in [0.2, 0.25) is 0 Å². The number of benzene rings is 2. The minimum atomic E-state index is -4.84. The van der Waals surface area contributed by atoms with Crippen LogP contribution in [0.25, 0.3) is 11.1 Å². The van der Waals surface area contributed by atoms with Gasteiger partial charge in [-0.3, -0.25) is 0 Å². The van der Waals surface area contributed by atoms with E-state index in [2.05, 4.69) is 10.1 Å². The molecule has 20 heavy (non-hydrogen) atoms. The number of nitrogens with one attached hydrogen (secondary N) is 1. The second-order valence-corrected chi connectivity index (χ2v) is 4.06. The van der Waals surface area contributed by atoms with E-state index < -0.39 is 17.9 Å². The number of phenols is 1. The largest absolute Gasteiger partial charge is 0.573 e. The van der Waals surface area contributed by atoms with Crippen LogP contribution in [0.1, 0.15) is 0 Å². The van der Waals surface area contributed by atoms with E-state index in [0.717, 1.165) is 17.3 Å². The molecule has 106 valence electrons. The van der Waals surface area contributed by atoms with Crippen LogP contribution in [0.5, 0.6) is 11.5 Å². The second-order valence-electron chi connectivity index (χ2n) is 4.06. The van der Waals surface area contributed by atoms with Gasteiger partial charge in [0, 0.05) is 12.7 Å². The zero-order valence-electron chi connectivity index (χ0n) is 10.5. The van der Waals surface area contributed by atoms with Crippen molar-refractivity contribution in [2.24, 2.45) is 0 Å². The Morgan fingerprint density at radius 1 is 1.00 bits per heavy atom. The maximum atomic E-state index is 12.2. The minimum absolute atomic E-state index is 0.518. The van der Waals surface area contributed by atoms with Gasteiger partial charge < -0.3 is 15.2 Å². The smallest absolute Gasteiger partial charge is 0.504 e. The molecule has 0 bridgehead atoms. The number of hydrogen-bond acceptors (Lipinski definition) is 3. The molecule has 0 amide bonds. The summed E-state index contributed by atoms with van der Waals surface area (Å²) in [4.78, 5) is 0. The molecule has 3 nitrogen and oxygen atoms in total. The van der Waals surface area contributed by atoms with Crippen LogP contribution < -0.4 is 10.1 Å². The highest BCUT2D eigenvalue weighted by Crippen LogP contribution is 2.35. The van der Waals surface area contributed by atoms with Crippen LogP contribution >= 0.6 is 0 Å². The van der Waals surface area contributed by atoms with Gasteiger partial charge >= 0.3 is 6.36 Å². The molecule has 0 aliphatic carbocycles. The van der Waals surface area contributed by atoms with Crippen LogP contribution in [0.4, 0.5) is 18.9 Å². The second kappa shape index (κ2) is 5.32. The van der Waals surface area contributed by atoms with E-state index >= 15 is 0 Å². The number of rotatable bonds is 3. The van der Waals surface area contributed by atoms with Crippen molar-refractivity contribution in [3.05, 3.63) is 42.5 Å². The van der Waals surface area contributed by atoms with Crippen LogP contribution in [-0.4, -0.2) is 18.5 Å². The summed E-state index contributed by atoms with van der Waals surface area (Å²) in [6, 6.07) is 11.0. The predicted octanol–water partition coefficient (Wildman–Crippen LogP) is 4.00. The van der Waals surface area contributed by atoms with Crippen molar-refractivity contribution < 1.29 is 23.0 Å². The lowest BCUT2D eigenvalue weighted by molar-refractivity contribution is -0.275. The van der Waals surface area contributed by atoms with Crippen molar-refractivity contribution in [2.45, 2.75) is 6.36 Å². The van der Waals surface area contributed by atoms with E-state index in [9.17, 15) is 18.3 Å². The van der Waals surface area contributed by atoms with Gasteiger partial charge in [-0.25, -0.2) is 0 Å². The molecular weight excluding hydrogens is 271 g/mol. The maximum absolute atomic E-state index is 12.2. The molecule has 0 atom stereocenters. The topological polar surface area (TPSA) is 41.5 Å². The van der Waals surface area contributed by atoms with E-state index in [-0.39, 0.29) is 0 Å². The number of halogens is 3. The Balaban J connectivity index is 2.34. The monoisotopic (exact) mass is 283 g/mol. The van der Waals surface area contributed by atoms with E-state index in [0.29, 0.717) is 5.56 Å². The van der Waals surface area contributed by atoms with Gasteiger partial charge in [0.25, 0.3) is 0 Å². The summed E-state index contributed by atoms with van der Waals surface area (Å²) in [5.41, 5.74) is 2.13. The minimum Gasteiger partial charge on any atom is -0.504 e. The van der Waals surface area contributed by atoms with Crippen molar-refractivity contribution in [3.63, 3.8) is 0 Å². The predicted molar refractivity (Wildman–Crippen MR) is 69.8 cm³/mol. The lowest BCUT2D eigenvalue weighted by Crippen LogP contribution is -2.17. The zero-order valence-corrected chi connectivity index (χ0v) is 10.5. The van der Waals surface area contributed by atoms with Gasteiger partial charge in [-0.2, -0.15) is 0 Å². The van der Waals surface area contributed by atoms with E-state index in [1.807, 2.05) is 0 Å². The first-order valence-corrected chi connectivity index (χ1v) is 5.76. The highest BCUT2D eigenvalue weighted by Gasteiger charge is 2.32. The Morgan fingerprint density at radius 2 is 1.60 bits per heavy atom. The van der Waals surface area contributed by atoms with Crippen LogP contribution in [-0.2, 0) is 0 Å². The summed E-state index contributed by atoms with van der Waals surface area (Å²) < 4.78 is 40.4. The zero-order chi connectivity index (χ0) is 14.8. The van der Waals surface area contributed by atoms with Gasteiger partial charge in [-0.1, -0.05) is 18.2 Å². The highest BCUT2D eigenvalue weighted by molar-refractivity contribution is 5.68. The molecule has 0 spiro atoms. The lowest BCUT2D eigenvalue weighted by Gasteiger charge is -2.12. The van der Waals surface area contributed by atoms with E-state index in [4.69, 9.17) is 0 Å². The first-order valence-electron chi connectivity index (χ1n) is 5.76. The summed E-state index contributed by atoms with van der Waals surface area (Å²) in [6.45, 7) is 0. The highest BCUT2D eigenvalue weighted by atomic mass is 19.4. The van der Waals surface area contributed by atoms with Gasteiger partial charge in [0.1, 0.15) is 0 Å². The molecule has 0 saturated carbocycles. The molecule has 0 heterocycles. The quantitative estimate of drug-likeness (QED) is 0.894. The van der Waals surface area contributed by atoms with Crippen molar-refractivity contribution in [1.29, 1.82) is 0 Å². The average Bonchev–Trinajstić information content (AvgIpc) is 2.40. The van der Waals surface area contributed by atoms with Gasteiger partial charge in [0.2, 0.25) is 0 Å². The lowest BCUT2D eigenvalue weighted by atomic mass is 10.0. The van der Waals surface area contributed by atoms with Crippen molar-refractivity contribution >= 4 is 5.69 Å². The number of ether oxygens (including phenoxy) is 1. The molecule has 6 heteroatoms. The van der Waals surface area contributed by atoms with Crippen molar-refractivity contribution in [1.82, 2.24) is 0 Å². The number of alkyl halides is 3. The molecule has 0 radical (unpaired) electrons. The number of hydrogen-bond donors (Lipinski definition) is 2. The van der Waals surface area contributed by atoms with Gasteiger partial charge in [0.15, 0.2) is 11.5 Å². The molecule has 2 aromatic carbocycles. The summed E-state index contributed by atoms with van der Waals surface area (Å²) in [5.74, 6) is -1.18. The molecule has 0 aliphatic heterocycles. The summed E-state index contributed by atoms with van der Waals surface area (Å²) >= 11 is 0. The Kier molecular flexibility index (Phi) is 3.74. The first-order chi connectivity index (χ1) is 9.39. The third-order valence-corrected chi connectivity index (χ3v) is 2.69. The third-order valence-electron chi connectivity index (χ3n) is 2.69. The molecule has 0 aliphatic rings. The Bertz CT molecular complexity index is 594. The van der Waals surface area contributed by atoms with Crippen molar-refractivity contribution in [3.8, 4) is 22.6 Å². The number of anilines is 1. The van der Waals surface area contributed by atoms with Gasteiger partial charge in [-0.05, 0) is 35.4 Å². The standard InChI is InChI=1S/C14H12F3NO2/c1-18-11-5-2-9(3-6-11)10-4-7-12(19)13(8-10)20-14(15,16)17/h2-8,18-19H,1H3. The van der Waals surface area contributed by atoms with Crippen LogP contribution in [0, 0.1) is 0 Å². The molecule has 2 rings (SSSR count). The molecule has 0 fully saturated rings. The Morgan fingerprint density at radius 3 is 2.15 bits per heavy atom. The summed E-state index contributed by atoms with van der Waals surface area (Å²) in [7, 11) is 1.77. The Hall–Kier alpha value is -2.37. The molecule has 0 unspecified atom stereocenters.